The Morgan fingerprint density at radius 3 is 2.89 bits per heavy atom. The maximum absolute atomic E-state index is 6.06. The molecule has 3 nitrogen and oxygen atoms in total. The number of rotatable bonds is 4. The number of furan rings is 1. The molecule has 0 amide bonds. The van der Waals surface area contributed by atoms with Crippen LogP contribution in [0.5, 0.6) is 0 Å². The molecule has 3 rings (SSSR count). The van der Waals surface area contributed by atoms with Crippen LogP contribution in [0.15, 0.2) is 16.5 Å². The third kappa shape index (κ3) is 2.46. The van der Waals surface area contributed by atoms with Crippen molar-refractivity contribution in [1.29, 1.82) is 0 Å². The number of aryl methyl sites for hydroxylation is 1. The van der Waals surface area contributed by atoms with Crippen LogP contribution < -0.4 is 5.73 Å². The van der Waals surface area contributed by atoms with E-state index in [1.165, 1.54) is 38.6 Å². The van der Waals surface area contributed by atoms with E-state index < -0.39 is 0 Å². The van der Waals surface area contributed by atoms with Gasteiger partial charge in [0.1, 0.15) is 11.5 Å². The molecule has 2 heterocycles. The average Bonchev–Trinajstić information content (AvgIpc) is 3.07. The minimum Gasteiger partial charge on any atom is -0.464 e. The predicted molar refractivity (Wildman–Crippen MR) is 77.0 cm³/mol. The molecule has 0 aromatic carbocycles. The molecule has 2 N–H and O–H groups in total. The minimum absolute atomic E-state index is 0.286. The quantitative estimate of drug-likeness (QED) is 0.906. The van der Waals surface area contributed by atoms with Gasteiger partial charge >= 0.3 is 0 Å². The molecule has 2 fully saturated rings. The molecule has 1 aromatic rings. The van der Waals surface area contributed by atoms with Gasteiger partial charge in [-0.25, -0.2) is 0 Å². The van der Waals surface area contributed by atoms with Crippen LogP contribution in [0.3, 0.4) is 0 Å². The van der Waals surface area contributed by atoms with Crippen molar-refractivity contribution in [2.24, 2.45) is 11.7 Å². The molecule has 19 heavy (non-hydrogen) atoms. The molecule has 1 aliphatic heterocycles. The van der Waals surface area contributed by atoms with Gasteiger partial charge in [-0.2, -0.15) is 0 Å². The fourth-order valence-corrected chi connectivity index (χ4v) is 4.01. The Bertz CT molecular complexity index is 415. The van der Waals surface area contributed by atoms with Gasteiger partial charge in [-0.3, -0.25) is 4.90 Å². The number of hydrogen-bond acceptors (Lipinski definition) is 3. The van der Waals surface area contributed by atoms with Gasteiger partial charge in [0.15, 0.2) is 0 Å². The standard InChI is InChI=1S/C16H26N2O/c1-2-13-7-8-16(19-13)15(11-17)18-10-9-12-5-3-4-6-14(12)18/h7-8,12,14-15H,2-6,9-11,17H2,1H3. The Morgan fingerprint density at radius 1 is 1.32 bits per heavy atom. The summed E-state index contributed by atoms with van der Waals surface area (Å²) in [5.74, 6) is 3.06. The van der Waals surface area contributed by atoms with Crippen LogP contribution in [0.4, 0.5) is 0 Å². The van der Waals surface area contributed by atoms with Crippen molar-refractivity contribution in [1.82, 2.24) is 4.90 Å². The summed E-state index contributed by atoms with van der Waals surface area (Å²) in [6, 6.07) is 5.27. The number of nitrogens with two attached hydrogens (primary N) is 1. The lowest BCUT2D eigenvalue weighted by Gasteiger charge is -2.35. The molecule has 1 aliphatic carbocycles. The summed E-state index contributed by atoms with van der Waals surface area (Å²) in [7, 11) is 0. The molecule has 3 unspecified atom stereocenters. The average molecular weight is 262 g/mol. The van der Waals surface area contributed by atoms with Crippen molar-refractivity contribution in [3.05, 3.63) is 23.7 Å². The smallest absolute Gasteiger partial charge is 0.122 e. The number of fused-ring (bicyclic) bond motifs is 1. The zero-order chi connectivity index (χ0) is 13.2. The fourth-order valence-electron chi connectivity index (χ4n) is 4.01. The molecule has 0 spiro atoms. The second-order valence-electron chi connectivity index (χ2n) is 6.05. The first-order valence-corrected chi connectivity index (χ1v) is 7.88. The van der Waals surface area contributed by atoms with E-state index in [2.05, 4.69) is 24.0 Å². The van der Waals surface area contributed by atoms with E-state index in [1.54, 1.807) is 0 Å². The second-order valence-corrected chi connectivity index (χ2v) is 6.05. The molecule has 1 saturated heterocycles. The van der Waals surface area contributed by atoms with Crippen molar-refractivity contribution in [2.75, 3.05) is 13.1 Å². The van der Waals surface area contributed by atoms with Crippen LogP contribution in [-0.2, 0) is 6.42 Å². The number of nitrogens with zero attached hydrogens (tertiary/aromatic N) is 1. The molecular weight excluding hydrogens is 236 g/mol. The van der Waals surface area contributed by atoms with Crippen LogP contribution in [-0.4, -0.2) is 24.0 Å². The van der Waals surface area contributed by atoms with Gasteiger partial charge in [0.25, 0.3) is 0 Å². The van der Waals surface area contributed by atoms with Crippen LogP contribution in [0, 0.1) is 5.92 Å². The van der Waals surface area contributed by atoms with Crippen molar-refractivity contribution in [3.63, 3.8) is 0 Å². The highest BCUT2D eigenvalue weighted by Gasteiger charge is 2.39. The van der Waals surface area contributed by atoms with Crippen molar-refractivity contribution in [2.45, 2.75) is 57.5 Å². The predicted octanol–water partition coefficient (Wildman–Crippen LogP) is 3.11. The van der Waals surface area contributed by atoms with Gasteiger partial charge in [0.05, 0.1) is 6.04 Å². The molecule has 1 aromatic heterocycles. The SMILES string of the molecule is CCc1ccc(C(CN)N2CCC3CCCCC32)o1. The molecule has 2 aliphatic rings. The molecule has 0 bridgehead atoms. The Morgan fingerprint density at radius 2 is 2.16 bits per heavy atom. The van der Waals surface area contributed by atoms with Gasteiger partial charge in [-0.05, 0) is 43.9 Å². The maximum atomic E-state index is 6.06. The Hall–Kier alpha value is -0.800. The lowest BCUT2D eigenvalue weighted by atomic mass is 9.85. The van der Waals surface area contributed by atoms with Crippen LogP contribution in [0.1, 0.15) is 56.6 Å². The largest absolute Gasteiger partial charge is 0.464 e. The van der Waals surface area contributed by atoms with Crippen LogP contribution >= 0.6 is 0 Å². The highest BCUT2D eigenvalue weighted by molar-refractivity contribution is 5.13. The lowest BCUT2D eigenvalue weighted by molar-refractivity contribution is 0.121. The van der Waals surface area contributed by atoms with E-state index in [9.17, 15) is 0 Å². The van der Waals surface area contributed by atoms with Crippen LogP contribution in [0.25, 0.3) is 0 Å². The van der Waals surface area contributed by atoms with E-state index in [0.717, 1.165) is 29.9 Å². The zero-order valence-electron chi connectivity index (χ0n) is 12.0. The van der Waals surface area contributed by atoms with E-state index in [4.69, 9.17) is 10.2 Å². The van der Waals surface area contributed by atoms with Crippen molar-refractivity contribution < 1.29 is 4.42 Å². The summed E-state index contributed by atoms with van der Waals surface area (Å²) in [5, 5.41) is 0. The fraction of sp³-hybridized carbons (Fsp3) is 0.750. The summed E-state index contributed by atoms with van der Waals surface area (Å²) < 4.78 is 5.96. The highest BCUT2D eigenvalue weighted by Crippen LogP contribution is 2.40. The normalized spacial score (nSPS) is 29.4. The first-order chi connectivity index (χ1) is 9.33. The van der Waals surface area contributed by atoms with Gasteiger partial charge in [-0.1, -0.05) is 19.8 Å². The third-order valence-electron chi connectivity index (χ3n) is 5.04. The zero-order valence-corrected chi connectivity index (χ0v) is 12.0. The van der Waals surface area contributed by atoms with Gasteiger partial charge in [0.2, 0.25) is 0 Å². The third-order valence-corrected chi connectivity index (χ3v) is 5.04. The summed E-state index contributed by atoms with van der Waals surface area (Å²) >= 11 is 0. The van der Waals surface area contributed by atoms with Crippen LogP contribution in [0.2, 0.25) is 0 Å². The van der Waals surface area contributed by atoms with Crippen molar-refractivity contribution >= 4 is 0 Å². The topological polar surface area (TPSA) is 42.4 Å². The molecular formula is C16H26N2O. The first kappa shape index (κ1) is 13.2. The Balaban J connectivity index is 1.78. The Kier molecular flexibility index (Phi) is 3.94. The first-order valence-electron chi connectivity index (χ1n) is 7.88. The number of hydrogen-bond donors (Lipinski definition) is 1. The monoisotopic (exact) mass is 262 g/mol. The maximum Gasteiger partial charge on any atom is 0.122 e. The Labute approximate surface area is 116 Å². The van der Waals surface area contributed by atoms with Gasteiger partial charge in [-0.15, -0.1) is 0 Å². The van der Waals surface area contributed by atoms with E-state index in [0.29, 0.717) is 6.54 Å². The van der Waals surface area contributed by atoms with E-state index >= 15 is 0 Å². The molecule has 1 saturated carbocycles. The summed E-state index contributed by atoms with van der Waals surface area (Å²) in [4.78, 5) is 2.63. The van der Waals surface area contributed by atoms with E-state index in [1.807, 2.05) is 0 Å². The van der Waals surface area contributed by atoms with Gasteiger partial charge in [0, 0.05) is 19.0 Å². The number of likely N-dealkylation sites (tertiary alicyclic amines) is 1. The van der Waals surface area contributed by atoms with E-state index in [-0.39, 0.29) is 6.04 Å². The summed E-state index contributed by atoms with van der Waals surface area (Å²) in [6.07, 6.45) is 7.88. The molecule has 106 valence electrons. The highest BCUT2D eigenvalue weighted by atomic mass is 16.3. The van der Waals surface area contributed by atoms with Gasteiger partial charge < -0.3 is 10.2 Å². The lowest BCUT2D eigenvalue weighted by Crippen LogP contribution is -2.40. The summed E-state index contributed by atoms with van der Waals surface area (Å²) in [6.45, 7) is 3.99. The van der Waals surface area contributed by atoms with Crippen molar-refractivity contribution in [3.8, 4) is 0 Å². The molecule has 3 heteroatoms. The summed E-state index contributed by atoms with van der Waals surface area (Å²) in [5.41, 5.74) is 6.06. The molecule has 3 atom stereocenters. The molecule has 0 radical (unpaired) electrons. The second kappa shape index (κ2) is 5.68. The minimum atomic E-state index is 0.286.